The summed E-state index contributed by atoms with van der Waals surface area (Å²) in [4.78, 5) is 1.43. The minimum atomic E-state index is -0.461. The van der Waals surface area contributed by atoms with E-state index in [2.05, 4.69) is 11.4 Å². The highest BCUT2D eigenvalue weighted by Gasteiger charge is 2.32. The third kappa shape index (κ3) is 2.60. The Bertz CT molecular complexity index is 425. The van der Waals surface area contributed by atoms with Gasteiger partial charge in [-0.3, -0.25) is 0 Å². The van der Waals surface area contributed by atoms with Crippen LogP contribution in [0.15, 0.2) is 6.07 Å². The zero-order valence-electron chi connectivity index (χ0n) is 10.5. The van der Waals surface area contributed by atoms with Crippen molar-refractivity contribution in [2.75, 3.05) is 6.54 Å². The zero-order chi connectivity index (χ0) is 12.6. The SMILES string of the molecule is OC1(CNC2CCCc3sc(Cl)cc32)CCCC1. The standard InChI is InChI=1S/C14H20ClNOS/c15-13-8-10-11(4-3-5-12(10)18-13)16-9-14(17)6-1-2-7-14/h8,11,16-17H,1-7,9H2. The van der Waals surface area contributed by atoms with Gasteiger partial charge in [-0.25, -0.2) is 0 Å². The van der Waals surface area contributed by atoms with E-state index in [1.807, 2.05) is 0 Å². The van der Waals surface area contributed by atoms with Crippen LogP contribution in [0.25, 0.3) is 0 Å². The van der Waals surface area contributed by atoms with Crippen LogP contribution >= 0.6 is 22.9 Å². The summed E-state index contributed by atoms with van der Waals surface area (Å²) in [6.07, 6.45) is 7.77. The van der Waals surface area contributed by atoms with Gasteiger partial charge in [-0.05, 0) is 43.7 Å². The van der Waals surface area contributed by atoms with E-state index in [1.165, 1.54) is 29.7 Å². The summed E-state index contributed by atoms with van der Waals surface area (Å²) in [6.45, 7) is 0.727. The van der Waals surface area contributed by atoms with E-state index in [9.17, 15) is 5.11 Å². The molecule has 1 saturated carbocycles. The number of fused-ring (bicyclic) bond motifs is 1. The number of aliphatic hydroxyl groups is 1. The van der Waals surface area contributed by atoms with Crippen molar-refractivity contribution >= 4 is 22.9 Å². The van der Waals surface area contributed by atoms with Gasteiger partial charge in [-0.2, -0.15) is 0 Å². The average Bonchev–Trinajstić information content (AvgIpc) is 2.92. The first kappa shape index (κ1) is 12.9. The van der Waals surface area contributed by atoms with Crippen LogP contribution in [0.3, 0.4) is 0 Å². The number of rotatable bonds is 3. The molecular weight excluding hydrogens is 266 g/mol. The maximum atomic E-state index is 10.4. The summed E-state index contributed by atoms with van der Waals surface area (Å²) in [6, 6.07) is 2.50. The summed E-state index contributed by atoms with van der Waals surface area (Å²) in [5, 5.41) is 14.0. The largest absolute Gasteiger partial charge is 0.389 e. The normalized spacial score (nSPS) is 26.2. The van der Waals surface area contributed by atoms with Crippen molar-refractivity contribution in [3.05, 3.63) is 20.8 Å². The molecule has 0 aliphatic heterocycles. The molecule has 2 aliphatic rings. The molecular formula is C14H20ClNOS. The molecule has 1 atom stereocenters. The molecule has 0 aromatic carbocycles. The van der Waals surface area contributed by atoms with Crippen LogP contribution in [-0.4, -0.2) is 17.3 Å². The molecule has 2 N–H and O–H groups in total. The predicted octanol–water partition coefficient (Wildman–Crippen LogP) is 3.67. The van der Waals surface area contributed by atoms with Crippen LogP contribution in [0.1, 0.15) is 55.0 Å². The zero-order valence-corrected chi connectivity index (χ0v) is 12.1. The van der Waals surface area contributed by atoms with Gasteiger partial charge in [-0.1, -0.05) is 24.4 Å². The van der Waals surface area contributed by atoms with Crippen molar-refractivity contribution in [1.29, 1.82) is 0 Å². The van der Waals surface area contributed by atoms with Crippen LogP contribution < -0.4 is 5.32 Å². The molecule has 4 heteroatoms. The Morgan fingerprint density at radius 1 is 1.39 bits per heavy atom. The lowest BCUT2D eigenvalue weighted by molar-refractivity contribution is 0.0442. The number of thiophene rings is 1. The topological polar surface area (TPSA) is 32.3 Å². The highest BCUT2D eigenvalue weighted by atomic mass is 35.5. The van der Waals surface area contributed by atoms with Crippen LogP contribution in [0.2, 0.25) is 4.34 Å². The second kappa shape index (κ2) is 5.12. The van der Waals surface area contributed by atoms with E-state index in [0.29, 0.717) is 6.04 Å². The lowest BCUT2D eigenvalue weighted by Gasteiger charge is -2.29. The number of hydrogen-bond acceptors (Lipinski definition) is 3. The van der Waals surface area contributed by atoms with Gasteiger partial charge in [0.2, 0.25) is 0 Å². The molecule has 2 aliphatic carbocycles. The van der Waals surface area contributed by atoms with Gasteiger partial charge in [0, 0.05) is 17.5 Å². The maximum Gasteiger partial charge on any atom is 0.0934 e. The first-order valence-electron chi connectivity index (χ1n) is 6.90. The Labute approximate surface area is 117 Å². The van der Waals surface area contributed by atoms with Crippen molar-refractivity contribution in [2.45, 2.75) is 56.6 Å². The molecule has 0 radical (unpaired) electrons. The number of hydrogen-bond donors (Lipinski definition) is 2. The Morgan fingerprint density at radius 2 is 2.17 bits per heavy atom. The summed E-state index contributed by atoms with van der Waals surface area (Å²) >= 11 is 7.83. The maximum absolute atomic E-state index is 10.4. The molecule has 0 amide bonds. The molecule has 1 heterocycles. The van der Waals surface area contributed by atoms with E-state index in [0.717, 1.165) is 36.6 Å². The first-order chi connectivity index (χ1) is 8.66. The molecule has 0 spiro atoms. The van der Waals surface area contributed by atoms with Crippen LogP contribution in [0.5, 0.6) is 0 Å². The lowest BCUT2D eigenvalue weighted by Crippen LogP contribution is -2.40. The smallest absolute Gasteiger partial charge is 0.0934 e. The first-order valence-corrected chi connectivity index (χ1v) is 8.10. The van der Waals surface area contributed by atoms with Crippen LogP contribution in [0.4, 0.5) is 0 Å². The van der Waals surface area contributed by atoms with Gasteiger partial charge in [0.05, 0.1) is 9.94 Å². The summed E-state index contributed by atoms with van der Waals surface area (Å²) in [7, 11) is 0. The number of aryl methyl sites for hydroxylation is 1. The van der Waals surface area contributed by atoms with Crippen molar-refractivity contribution in [3.63, 3.8) is 0 Å². The number of nitrogens with one attached hydrogen (secondary N) is 1. The summed E-state index contributed by atoms with van der Waals surface area (Å²) in [5.41, 5.74) is 0.912. The predicted molar refractivity (Wildman–Crippen MR) is 76.4 cm³/mol. The Hall–Kier alpha value is -0.0900. The minimum absolute atomic E-state index is 0.391. The van der Waals surface area contributed by atoms with Crippen LogP contribution in [0, 0.1) is 0 Å². The monoisotopic (exact) mass is 285 g/mol. The van der Waals surface area contributed by atoms with Crippen LogP contribution in [-0.2, 0) is 6.42 Å². The molecule has 18 heavy (non-hydrogen) atoms. The van der Waals surface area contributed by atoms with E-state index in [1.54, 1.807) is 11.3 Å². The Kier molecular flexibility index (Phi) is 3.68. The average molecular weight is 286 g/mol. The highest BCUT2D eigenvalue weighted by Crippen LogP contribution is 2.38. The third-order valence-electron chi connectivity index (χ3n) is 4.30. The van der Waals surface area contributed by atoms with Gasteiger partial charge in [0.1, 0.15) is 0 Å². The molecule has 1 aromatic heterocycles. The fourth-order valence-corrected chi connectivity index (χ4v) is 4.64. The number of halogens is 1. The summed E-state index contributed by atoms with van der Waals surface area (Å²) in [5.74, 6) is 0. The van der Waals surface area contributed by atoms with Gasteiger partial charge >= 0.3 is 0 Å². The molecule has 0 saturated heterocycles. The Balaban J connectivity index is 1.67. The second-order valence-electron chi connectivity index (χ2n) is 5.69. The van der Waals surface area contributed by atoms with E-state index in [-0.39, 0.29) is 0 Å². The lowest BCUT2D eigenvalue weighted by atomic mass is 9.93. The van der Waals surface area contributed by atoms with Gasteiger partial charge in [-0.15, -0.1) is 11.3 Å². The molecule has 1 aromatic rings. The van der Waals surface area contributed by atoms with E-state index >= 15 is 0 Å². The van der Waals surface area contributed by atoms with E-state index in [4.69, 9.17) is 11.6 Å². The van der Waals surface area contributed by atoms with Crippen molar-refractivity contribution in [3.8, 4) is 0 Å². The summed E-state index contributed by atoms with van der Waals surface area (Å²) < 4.78 is 0.897. The molecule has 100 valence electrons. The fourth-order valence-electron chi connectivity index (χ4n) is 3.26. The third-order valence-corrected chi connectivity index (χ3v) is 5.64. The minimum Gasteiger partial charge on any atom is -0.389 e. The van der Waals surface area contributed by atoms with Crippen molar-refractivity contribution < 1.29 is 5.11 Å². The fraction of sp³-hybridized carbons (Fsp3) is 0.714. The van der Waals surface area contributed by atoms with Crippen molar-refractivity contribution in [2.24, 2.45) is 0 Å². The van der Waals surface area contributed by atoms with Gasteiger partial charge in [0.15, 0.2) is 0 Å². The van der Waals surface area contributed by atoms with Crippen molar-refractivity contribution in [1.82, 2.24) is 5.32 Å². The highest BCUT2D eigenvalue weighted by molar-refractivity contribution is 7.16. The van der Waals surface area contributed by atoms with Gasteiger partial charge in [0.25, 0.3) is 0 Å². The van der Waals surface area contributed by atoms with Gasteiger partial charge < -0.3 is 10.4 Å². The molecule has 0 bridgehead atoms. The molecule has 1 fully saturated rings. The van der Waals surface area contributed by atoms with E-state index < -0.39 is 5.60 Å². The molecule has 3 rings (SSSR count). The second-order valence-corrected chi connectivity index (χ2v) is 7.45. The quantitative estimate of drug-likeness (QED) is 0.888. The molecule has 1 unspecified atom stereocenters. The Morgan fingerprint density at radius 3 is 2.94 bits per heavy atom. The molecule has 2 nitrogen and oxygen atoms in total.